The fourth-order valence-electron chi connectivity index (χ4n) is 5.67. The molecule has 2 aliphatic heterocycles. The van der Waals surface area contributed by atoms with Crippen molar-refractivity contribution in [1.82, 2.24) is 4.90 Å². The Bertz CT molecular complexity index is 1220. The molecule has 2 heterocycles. The minimum atomic E-state index is -0.935. The number of rotatable bonds is 8. The highest BCUT2D eigenvalue weighted by Gasteiger charge is 2.43. The van der Waals surface area contributed by atoms with Gasteiger partial charge in [-0.25, -0.2) is 4.39 Å². The van der Waals surface area contributed by atoms with Gasteiger partial charge in [0.2, 0.25) is 0 Å². The van der Waals surface area contributed by atoms with Crippen LogP contribution in [0.25, 0.3) is 0 Å². The smallest absolute Gasteiger partial charge is 0.303 e. The first-order chi connectivity index (χ1) is 17.4. The number of benzene rings is 3. The van der Waals surface area contributed by atoms with E-state index in [2.05, 4.69) is 65.4 Å². The zero-order valence-corrected chi connectivity index (χ0v) is 20.8. The molecule has 0 amide bonds. The maximum Gasteiger partial charge on any atom is 0.303 e. The highest BCUT2D eigenvalue weighted by molar-refractivity contribution is 5.67. The monoisotopic (exact) mass is 488 g/mol. The molecule has 0 aliphatic carbocycles. The van der Waals surface area contributed by atoms with Crippen molar-refractivity contribution in [2.75, 3.05) is 31.6 Å². The van der Waals surface area contributed by atoms with E-state index in [4.69, 9.17) is 9.84 Å². The number of fused-ring (bicyclic) bond motifs is 2. The number of hydrogen-bond donors (Lipinski definition) is 1. The van der Waals surface area contributed by atoms with Gasteiger partial charge in [0.15, 0.2) is 0 Å². The molecule has 1 spiro atoms. The number of likely N-dealkylation sites (N-methyl/N-ethyl adjacent to an activating group) is 1. The Morgan fingerprint density at radius 2 is 1.75 bits per heavy atom. The number of ether oxygens (including phenoxy) is 1. The first kappa shape index (κ1) is 24.3. The molecule has 3 aromatic carbocycles. The Balaban J connectivity index is 1.12. The molecular weight excluding hydrogens is 455 g/mol. The van der Waals surface area contributed by atoms with E-state index in [1.807, 2.05) is 0 Å². The molecule has 0 unspecified atom stereocenters. The summed E-state index contributed by atoms with van der Waals surface area (Å²) in [4.78, 5) is 15.7. The number of para-hydroxylation sites is 1. The Morgan fingerprint density at radius 1 is 1.03 bits per heavy atom. The SMILES string of the molecule is CN1CC2(CCN(Cc3ccc(COc4ccc(CCC(=O)O)c(F)c4)cc3)CC2)c2ccccc21. The van der Waals surface area contributed by atoms with Crippen LogP contribution in [0.1, 0.15) is 41.5 Å². The van der Waals surface area contributed by atoms with Gasteiger partial charge in [0.1, 0.15) is 18.2 Å². The summed E-state index contributed by atoms with van der Waals surface area (Å²) in [5.41, 5.74) is 5.90. The van der Waals surface area contributed by atoms with E-state index >= 15 is 0 Å². The van der Waals surface area contributed by atoms with Crippen molar-refractivity contribution in [3.63, 3.8) is 0 Å². The molecule has 3 aromatic rings. The lowest BCUT2D eigenvalue weighted by Crippen LogP contribution is -2.44. The van der Waals surface area contributed by atoms with E-state index < -0.39 is 11.8 Å². The van der Waals surface area contributed by atoms with Crippen LogP contribution in [0, 0.1) is 5.82 Å². The maximum absolute atomic E-state index is 14.2. The molecule has 0 saturated carbocycles. The number of carboxylic acid groups (broad SMARTS) is 1. The van der Waals surface area contributed by atoms with Gasteiger partial charge in [0.25, 0.3) is 0 Å². The molecule has 1 N–H and O–H groups in total. The van der Waals surface area contributed by atoms with E-state index in [0.29, 0.717) is 17.9 Å². The third-order valence-corrected chi connectivity index (χ3v) is 7.71. The Kier molecular flexibility index (Phi) is 6.97. The highest BCUT2D eigenvalue weighted by atomic mass is 19.1. The average molecular weight is 489 g/mol. The van der Waals surface area contributed by atoms with Gasteiger partial charge in [0.05, 0.1) is 0 Å². The Labute approximate surface area is 212 Å². The van der Waals surface area contributed by atoms with Gasteiger partial charge >= 0.3 is 5.97 Å². The Morgan fingerprint density at radius 3 is 2.47 bits per heavy atom. The lowest BCUT2D eigenvalue weighted by Gasteiger charge is -2.40. The molecular formula is C30H33FN2O3. The van der Waals surface area contributed by atoms with E-state index in [0.717, 1.165) is 31.7 Å². The molecule has 2 aliphatic rings. The second-order valence-electron chi connectivity index (χ2n) is 10.2. The number of nitrogens with zero attached hydrogens (tertiary/aromatic N) is 2. The summed E-state index contributed by atoms with van der Waals surface area (Å²) in [5.74, 6) is -0.924. The molecule has 1 fully saturated rings. The first-order valence-corrected chi connectivity index (χ1v) is 12.7. The van der Waals surface area contributed by atoms with Crippen LogP contribution >= 0.6 is 0 Å². The van der Waals surface area contributed by atoms with Crippen molar-refractivity contribution < 1.29 is 19.0 Å². The predicted octanol–water partition coefficient (Wildman–Crippen LogP) is 5.41. The molecule has 0 atom stereocenters. The fraction of sp³-hybridized carbons (Fsp3) is 0.367. The summed E-state index contributed by atoms with van der Waals surface area (Å²) in [6, 6.07) is 21.9. The normalized spacial score (nSPS) is 16.8. The van der Waals surface area contributed by atoms with Crippen molar-refractivity contribution >= 4 is 11.7 Å². The molecule has 0 radical (unpaired) electrons. The molecule has 36 heavy (non-hydrogen) atoms. The van der Waals surface area contributed by atoms with Crippen LogP contribution in [-0.4, -0.2) is 42.7 Å². The number of aryl methyl sites for hydroxylation is 1. The fourth-order valence-corrected chi connectivity index (χ4v) is 5.67. The summed E-state index contributed by atoms with van der Waals surface area (Å²) >= 11 is 0. The van der Waals surface area contributed by atoms with Gasteiger partial charge in [-0.15, -0.1) is 0 Å². The topological polar surface area (TPSA) is 53.0 Å². The summed E-state index contributed by atoms with van der Waals surface area (Å²) in [6.07, 6.45) is 2.45. The zero-order valence-electron chi connectivity index (χ0n) is 20.8. The van der Waals surface area contributed by atoms with Crippen LogP contribution in [0.15, 0.2) is 66.7 Å². The van der Waals surface area contributed by atoms with Crippen LogP contribution in [0.5, 0.6) is 5.75 Å². The molecule has 6 heteroatoms. The second-order valence-corrected chi connectivity index (χ2v) is 10.2. The summed E-state index contributed by atoms with van der Waals surface area (Å²) in [6.45, 7) is 4.61. The first-order valence-electron chi connectivity index (χ1n) is 12.7. The van der Waals surface area contributed by atoms with E-state index in [9.17, 15) is 9.18 Å². The summed E-state index contributed by atoms with van der Waals surface area (Å²) in [5, 5.41) is 8.78. The van der Waals surface area contributed by atoms with Crippen molar-refractivity contribution in [3.8, 4) is 5.75 Å². The predicted molar refractivity (Wildman–Crippen MR) is 139 cm³/mol. The standard InChI is InChI=1S/C30H33FN2O3/c1-32-21-30(26-4-2-3-5-28(26)32)14-16-33(17-15-30)19-22-6-8-23(9-7-22)20-36-25-12-10-24(27(31)18-25)11-13-29(34)35/h2-10,12,18H,11,13-17,19-21H2,1H3,(H,34,35). The molecule has 1 saturated heterocycles. The van der Waals surface area contributed by atoms with E-state index in [-0.39, 0.29) is 18.3 Å². The number of likely N-dealkylation sites (tertiary alicyclic amines) is 1. The third kappa shape index (κ3) is 5.24. The molecule has 5 nitrogen and oxygen atoms in total. The molecule has 5 rings (SSSR count). The average Bonchev–Trinajstić information content (AvgIpc) is 3.15. The third-order valence-electron chi connectivity index (χ3n) is 7.71. The van der Waals surface area contributed by atoms with Crippen molar-refractivity contribution in [2.45, 2.75) is 44.2 Å². The van der Waals surface area contributed by atoms with E-state index in [1.54, 1.807) is 12.1 Å². The van der Waals surface area contributed by atoms with Gasteiger partial charge in [0, 0.05) is 43.7 Å². The van der Waals surface area contributed by atoms with Gasteiger partial charge in [-0.1, -0.05) is 48.5 Å². The van der Waals surface area contributed by atoms with Crippen LogP contribution in [0.2, 0.25) is 0 Å². The lowest BCUT2D eigenvalue weighted by molar-refractivity contribution is -0.136. The quantitative estimate of drug-likeness (QED) is 0.460. The number of aliphatic carboxylic acids is 1. The molecule has 0 bridgehead atoms. The second kappa shape index (κ2) is 10.3. The summed E-state index contributed by atoms with van der Waals surface area (Å²) in [7, 11) is 2.21. The molecule has 0 aromatic heterocycles. The number of carbonyl (C=O) groups is 1. The van der Waals surface area contributed by atoms with Gasteiger partial charge in [-0.2, -0.15) is 0 Å². The van der Waals surface area contributed by atoms with Gasteiger partial charge in [-0.05, 0) is 66.7 Å². The maximum atomic E-state index is 14.2. The lowest BCUT2D eigenvalue weighted by atomic mass is 9.74. The van der Waals surface area contributed by atoms with Gasteiger partial charge in [-0.3, -0.25) is 9.69 Å². The number of anilines is 1. The number of carboxylic acids is 1. The van der Waals surface area contributed by atoms with Crippen LogP contribution in [-0.2, 0) is 29.8 Å². The largest absolute Gasteiger partial charge is 0.489 e. The van der Waals surface area contributed by atoms with E-state index in [1.165, 1.54) is 35.7 Å². The van der Waals surface area contributed by atoms with Crippen LogP contribution in [0.4, 0.5) is 10.1 Å². The van der Waals surface area contributed by atoms with Crippen molar-refractivity contribution in [2.24, 2.45) is 0 Å². The van der Waals surface area contributed by atoms with Gasteiger partial charge < -0.3 is 14.7 Å². The van der Waals surface area contributed by atoms with Crippen molar-refractivity contribution in [3.05, 3.63) is 94.8 Å². The van der Waals surface area contributed by atoms with Crippen molar-refractivity contribution in [1.29, 1.82) is 0 Å². The van der Waals surface area contributed by atoms with Crippen LogP contribution in [0.3, 0.4) is 0 Å². The zero-order chi connectivity index (χ0) is 25.1. The number of hydrogen-bond acceptors (Lipinski definition) is 4. The minimum absolute atomic E-state index is 0.0902. The molecule has 188 valence electrons. The van der Waals surface area contributed by atoms with Crippen LogP contribution < -0.4 is 9.64 Å². The highest BCUT2D eigenvalue weighted by Crippen LogP contribution is 2.46. The number of halogens is 1. The number of piperidine rings is 1. The summed E-state index contributed by atoms with van der Waals surface area (Å²) < 4.78 is 20.0. The minimum Gasteiger partial charge on any atom is -0.489 e. The Hall–Kier alpha value is -3.38.